The van der Waals surface area contributed by atoms with Gasteiger partial charge in [-0.25, -0.2) is 4.79 Å². The quantitative estimate of drug-likeness (QED) is 0.680. The third-order valence-electron chi connectivity index (χ3n) is 1.67. The van der Waals surface area contributed by atoms with E-state index in [9.17, 15) is 4.79 Å². The monoisotopic (exact) mass is 194 g/mol. The van der Waals surface area contributed by atoms with Crippen molar-refractivity contribution in [2.75, 3.05) is 0 Å². The lowest BCUT2D eigenvalue weighted by molar-refractivity contribution is 0.134. The Bertz CT molecular complexity index is 485. The summed E-state index contributed by atoms with van der Waals surface area (Å²) in [7, 11) is 0. The Morgan fingerprint density at radius 1 is 1.36 bits per heavy atom. The molecule has 72 valence electrons. The number of aromatic hydroxyl groups is 1. The summed E-state index contributed by atoms with van der Waals surface area (Å²) >= 11 is 0. The molecule has 0 atom stereocenters. The Morgan fingerprint density at radius 3 is 2.86 bits per heavy atom. The summed E-state index contributed by atoms with van der Waals surface area (Å²) in [5, 5.41) is 18.0. The highest BCUT2D eigenvalue weighted by atomic mass is 16.7. The standard InChI is InChI=1S/C9H6O5/c10-6-1-2-7-5(3-6)4-8(13-7)14-9(11)12/h1-4,10H,(H,11,12). The molecule has 0 fully saturated rings. The first-order valence-electron chi connectivity index (χ1n) is 3.78. The lowest BCUT2D eigenvalue weighted by atomic mass is 10.2. The van der Waals surface area contributed by atoms with Gasteiger partial charge in [-0.2, -0.15) is 0 Å². The minimum Gasteiger partial charge on any atom is -0.508 e. The Balaban J connectivity index is 2.46. The second kappa shape index (κ2) is 2.95. The van der Waals surface area contributed by atoms with Gasteiger partial charge in [0.25, 0.3) is 5.95 Å². The maximum atomic E-state index is 10.2. The number of carboxylic acid groups (broad SMARTS) is 1. The fourth-order valence-electron chi connectivity index (χ4n) is 1.14. The van der Waals surface area contributed by atoms with E-state index in [4.69, 9.17) is 14.6 Å². The summed E-state index contributed by atoms with van der Waals surface area (Å²) in [5.74, 6) is -0.0294. The highest BCUT2D eigenvalue weighted by Gasteiger charge is 2.08. The van der Waals surface area contributed by atoms with Crippen LogP contribution in [0.4, 0.5) is 4.79 Å². The molecule has 2 aromatic rings. The van der Waals surface area contributed by atoms with Crippen molar-refractivity contribution < 1.29 is 24.2 Å². The zero-order chi connectivity index (χ0) is 10.1. The first-order valence-corrected chi connectivity index (χ1v) is 3.78. The molecule has 5 heteroatoms. The Morgan fingerprint density at radius 2 is 2.14 bits per heavy atom. The number of carbonyl (C=O) groups is 1. The molecular weight excluding hydrogens is 188 g/mol. The first-order chi connectivity index (χ1) is 6.65. The van der Waals surface area contributed by atoms with Gasteiger partial charge < -0.3 is 19.4 Å². The molecule has 0 aliphatic carbocycles. The van der Waals surface area contributed by atoms with E-state index in [1.54, 1.807) is 0 Å². The fraction of sp³-hybridized carbons (Fsp3) is 0. The predicted molar refractivity (Wildman–Crippen MR) is 46.5 cm³/mol. The number of furan rings is 1. The van der Waals surface area contributed by atoms with Crippen LogP contribution in [-0.2, 0) is 0 Å². The van der Waals surface area contributed by atoms with E-state index < -0.39 is 6.16 Å². The van der Waals surface area contributed by atoms with Crippen molar-refractivity contribution in [1.82, 2.24) is 0 Å². The fourth-order valence-corrected chi connectivity index (χ4v) is 1.14. The summed E-state index contributed by atoms with van der Waals surface area (Å²) < 4.78 is 9.33. The molecule has 2 N–H and O–H groups in total. The number of fused-ring (bicyclic) bond motifs is 1. The largest absolute Gasteiger partial charge is 0.513 e. The Hall–Kier alpha value is -2.17. The number of hydrogen-bond donors (Lipinski definition) is 2. The van der Waals surface area contributed by atoms with Gasteiger partial charge in [-0.1, -0.05) is 0 Å². The van der Waals surface area contributed by atoms with Crippen LogP contribution in [0.25, 0.3) is 11.0 Å². The van der Waals surface area contributed by atoms with Gasteiger partial charge in [-0.05, 0) is 18.2 Å². The van der Waals surface area contributed by atoms with Crippen LogP contribution in [0.5, 0.6) is 11.7 Å². The van der Waals surface area contributed by atoms with Crippen LogP contribution in [0.15, 0.2) is 28.7 Å². The lowest BCUT2D eigenvalue weighted by Crippen LogP contribution is -2.01. The van der Waals surface area contributed by atoms with Crippen molar-refractivity contribution in [3.8, 4) is 11.7 Å². The molecule has 0 amide bonds. The summed E-state index contributed by atoms with van der Waals surface area (Å²) in [6.07, 6.45) is -1.44. The van der Waals surface area contributed by atoms with Gasteiger partial charge in [-0.3, -0.25) is 0 Å². The summed E-state index contributed by atoms with van der Waals surface area (Å²) in [4.78, 5) is 10.2. The third-order valence-corrected chi connectivity index (χ3v) is 1.67. The number of phenols is 1. The maximum Gasteiger partial charge on any atom is 0.513 e. The van der Waals surface area contributed by atoms with Crippen LogP contribution in [0.3, 0.4) is 0 Å². The number of benzene rings is 1. The average molecular weight is 194 g/mol. The molecule has 1 aromatic heterocycles. The van der Waals surface area contributed by atoms with Crippen molar-refractivity contribution in [2.45, 2.75) is 0 Å². The van der Waals surface area contributed by atoms with Crippen molar-refractivity contribution in [3.63, 3.8) is 0 Å². The van der Waals surface area contributed by atoms with E-state index in [2.05, 4.69) is 4.74 Å². The van der Waals surface area contributed by atoms with Gasteiger partial charge in [0.1, 0.15) is 11.3 Å². The van der Waals surface area contributed by atoms with Crippen LogP contribution in [0.2, 0.25) is 0 Å². The van der Waals surface area contributed by atoms with Crippen molar-refractivity contribution in [1.29, 1.82) is 0 Å². The van der Waals surface area contributed by atoms with E-state index in [-0.39, 0.29) is 11.7 Å². The molecule has 1 heterocycles. The van der Waals surface area contributed by atoms with Gasteiger partial charge in [0.2, 0.25) is 0 Å². The molecule has 0 unspecified atom stereocenters. The van der Waals surface area contributed by atoms with E-state index >= 15 is 0 Å². The minimum absolute atomic E-state index is 0.0835. The minimum atomic E-state index is -1.44. The van der Waals surface area contributed by atoms with Gasteiger partial charge >= 0.3 is 6.16 Å². The Labute approximate surface area is 78.1 Å². The van der Waals surface area contributed by atoms with E-state index in [1.807, 2.05) is 0 Å². The number of rotatable bonds is 1. The molecule has 5 nitrogen and oxygen atoms in total. The molecule has 0 aliphatic heterocycles. The second-order valence-corrected chi connectivity index (χ2v) is 2.66. The van der Waals surface area contributed by atoms with Crippen molar-refractivity contribution in [2.24, 2.45) is 0 Å². The number of phenolic OH excluding ortho intramolecular Hbond substituents is 1. The van der Waals surface area contributed by atoms with Crippen molar-refractivity contribution in [3.05, 3.63) is 24.3 Å². The maximum absolute atomic E-state index is 10.2. The zero-order valence-corrected chi connectivity index (χ0v) is 6.93. The zero-order valence-electron chi connectivity index (χ0n) is 6.93. The molecule has 0 saturated carbocycles. The van der Waals surface area contributed by atoms with Crippen LogP contribution in [0, 0.1) is 0 Å². The number of hydrogen-bond acceptors (Lipinski definition) is 4. The van der Waals surface area contributed by atoms with Gasteiger partial charge in [0, 0.05) is 11.5 Å². The topological polar surface area (TPSA) is 79.9 Å². The van der Waals surface area contributed by atoms with Crippen LogP contribution in [-0.4, -0.2) is 16.4 Å². The van der Waals surface area contributed by atoms with Crippen LogP contribution < -0.4 is 4.74 Å². The summed E-state index contributed by atoms with van der Waals surface area (Å²) in [6, 6.07) is 5.81. The molecule has 0 bridgehead atoms. The molecule has 0 radical (unpaired) electrons. The van der Waals surface area contributed by atoms with E-state index in [0.717, 1.165) is 0 Å². The molecule has 0 aliphatic rings. The van der Waals surface area contributed by atoms with Crippen LogP contribution >= 0.6 is 0 Å². The lowest BCUT2D eigenvalue weighted by Gasteiger charge is -1.90. The first kappa shape index (κ1) is 8.43. The normalized spacial score (nSPS) is 10.3. The Kier molecular flexibility index (Phi) is 1.78. The van der Waals surface area contributed by atoms with E-state index in [0.29, 0.717) is 11.0 Å². The molecule has 2 rings (SSSR count). The highest BCUT2D eigenvalue weighted by Crippen LogP contribution is 2.27. The average Bonchev–Trinajstić information content (AvgIpc) is 2.44. The number of ether oxygens (including phenoxy) is 1. The predicted octanol–water partition coefficient (Wildman–Crippen LogP) is 2.20. The SMILES string of the molecule is O=C(O)Oc1cc2cc(O)ccc2o1. The second-order valence-electron chi connectivity index (χ2n) is 2.66. The molecule has 0 saturated heterocycles. The smallest absolute Gasteiger partial charge is 0.508 e. The van der Waals surface area contributed by atoms with Gasteiger partial charge in [-0.15, -0.1) is 0 Å². The van der Waals surface area contributed by atoms with Gasteiger partial charge in [0.05, 0.1) is 0 Å². The van der Waals surface area contributed by atoms with E-state index in [1.165, 1.54) is 24.3 Å². The van der Waals surface area contributed by atoms with Gasteiger partial charge in [0.15, 0.2) is 0 Å². The third kappa shape index (κ3) is 1.47. The van der Waals surface area contributed by atoms with Crippen LogP contribution in [0.1, 0.15) is 0 Å². The highest BCUT2D eigenvalue weighted by molar-refractivity contribution is 5.80. The molecule has 14 heavy (non-hydrogen) atoms. The summed E-state index contributed by atoms with van der Waals surface area (Å²) in [5.41, 5.74) is 0.457. The van der Waals surface area contributed by atoms with Crippen molar-refractivity contribution >= 4 is 17.1 Å². The molecule has 1 aromatic carbocycles. The molecule has 0 spiro atoms. The molecular formula is C9H6O5. The summed E-state index contributed by atoms with van der Waals surface area (Å²) in [6.45, 7) is 0.